The molecule has 0 amide bonds. The highest BCUT2D eigenvalue weighted by molar-refractivity contribution is 6.30. The van der Waals surface area contributed by atoms with Crippen LogP contribution in [0.4, 0.5) is 0 Å². The number of rotatable bonds is 5. The normalized spacial score (nSPS) is 19.8. The van der Waals surface area contributed by atoms with E-state index in [0.29, 0.717) is 6.42 Å². The molecule has 0 fully saturated rings. The number of benzene rings is 1. The standard InChI is InChI=1S/C15H20ClNO2/c1-2-3-14(15(18)19)17-13-7-5-10-8-12(16)6-4-11(10)9-13/h4,6,8,13-14,17H,2-3,5,7,9H2,1H3,(H,18,19)/t13-,14?/m0/s1. The predicted molar refractivity (Wildman–Crippen MR) is 76.7 cm³/mol. The van der Waals surface area contributed by atoms with Gasteiger partial charge in [0.1, 0.15) is 6.04 Å². The highest BCUT2D eigenvalue weighted by atomic mass is 35.5. The Bertz CT molecular complexity index is 461. The summed E-state index contributed by atoms with van der Waals surface area (Å²) < 4.78 is 0. The third-order valence-corrected chi connectivity index (χ3v) is 3.94. The number of nitrogens with one attached hydrogen (secondary N) is 1. The van der Waals surface area contributed by atoms with Crippen molar-refractivity contribution in [2.24, 2.45) is 0 Å². The second kappa shape index (κ2) is 6.40. The van der Waals surface area contributed by atoms with Crippen molar-refractivity contribution in [1.82, 2.24) is 5.32 Å². The van der Waals surface area contributed by atoms with Gasteiger partial charge in [0.05, 0.1) is 0 Å². The molecule has 104 valence electrons. The highest BCUT2D eigenvalue weighted by Crippen LogP contribution is 2.25. The van der Waals surface area contributed by atoms with Gasteiger partial charge in [-0.1, -0.05) is 31.0 Å². The lowest BCUT2D eigenvalue weighted by molar-refractivity contribution is -0.139. The van der Waals surface area contributed by atoms with E-state index >= 15 is 0 Å². The molecule has 0 heterocycles. The zero-order chi connectivity index (χ0) is 13.8. The van der Waals surface area contributed by atoms with Gasteiger partial charge in [0.15, 0.2) is 0 Å². The van der Waals surface area contributed by atoms with Gasteiger partial charge in [-0.2, -0.15) is 0 Å². The smallest absolute Gasteiger partial charge is 0.320 e. The van der Waals surface area contributed by atoms with Crippen molar-refractivity contribution in [2.45, 2.75) is 51.1 Å². The maximum atomic E-state index is 11.2. The fraction of sp³-hybridized carbons (Fsp3) is 0.533. The topological polar surface area (TPSA) is 49.3 Å². The summed E-state index contributed by atoms with van der Waals surface area (Å²) in [6, 6.07) is 5.81. The minimum absolute atomic E-state index is 0.251. The first-order chi connectivity index (χ1) is 9.10. The van der Waals surface area contributed by atoms with E-state index in [9.17, 15) is 9.90 Å². The van der Waals surface area contributed by atoms with E-state index in [0.717, 1.165) is 30.7 Å². The third kappa shape index (κ3) is 3.71. The van der Waals surface area contributed by atoms with Crippen LogP contribution in [-0.2, 0) is 17.6 Å². The quantitative estimate of drug-likeness (QED) is 0.872. The van der Waals surface area contributed by atoms with Crippen molar-refractivity contribution in [3.63, 3.8) is 0 Å². The molecule has 0 aromatic heterocycles. The van der Waals surface area contributed by atoms with Gasteiger partial charge in [-0.25, -0.2) is 0 Å². The largest absolute Gasteiger partial charge is 0.480 e. The van der Waals surface area contributed by atoms with E-state index in [2.05, 4.69) is 11.4 Å². The van der Waals surface area contributed by atoms with Crippen LogP contribution in [0, 0.1) is 0 Å². The van der Waals surface area contributed by atoms with E-state index in [-0.39, 0.29) is 6.04 Å². The highest BCUT2D eigenvalue weighted by Gasteiger charge is 2.24. The van der Waals surface area contributed by atoms with Crippen molar-refractivity contribution in [3.05, 3.63) is 34.3 Å². The lowest BCUT2D eigenvalue weighted by Crippen LogP contribution is -2.45. The maximum Gasteiger partial charge on any atom is 0.320 e. The first kappa shape index (κ1) is 14.4. The number of carbonyl (C=O) groups is 1. The lowest BCUT2D eigenvalue weighted by atomic mass is 9.88. The molecule has 0 aliphatic heterocycles. The van der Waals surface area contributed by atoms with Gasteiger partial charge >= 0.3 is 5.97 Å². The van der Waals surface area contributed by atoms with Gasteiger partial charge in [0.25, 0.3) is 0 Å². The summed E-state index contributed by atoms with van der Waals surface area (Å²) in [5, 5.41) is 13.2. The monoisotopic (exact) mass is 281 g/mol. The molecule has 1 aliphatic rings. The van der Waals surface area contributed by atoms with Crippen LogP contribution in [0.2, 0.25) is 5.02 Å². The number of hydrogen-bond acceptors (Lipinski definition) is 2. The van der Waals surface area contributed by atoms with Gasteiger partial charge < -0.3 is 10.4 Å². The summed E-state index contributed by atoms with van der Waals surface area (Å²) in [5.41, 5.74) is 2.58. The Kier molecular flexibility index (Phi) is 4.83. The van der Waals surface area contributed by atoms with E-state index in [1.165, 1.54) is 11.1 Å². The Hall–Kier alpha value is -1.06. The van der Waals surface area contributed by atoms with Crippen molar-refractivity contribution < 1.29 is 9.90 Å². The molecule has 2 rings (SSSR count). The van der Waals surface area contributed by atoms with Gasteiger partial charge in [0, 0.05) is 11.1 Å². The predicted octanol–water partition coefficient (Wildman–Crippen LogP) is 3.04. The molecule has 1 aromatic carbocycles. The van der Waals surface area contributed by atoms with Crippen molar-refractivity contribution >= 4 is 17.6 Å². The van der Waals surface area contributed by atoms with Gasteiger partial charge in [0.2, 0.25) is 0 Å². The second-order valence-corrected chi connectivity index (χ2v) is 5.64. The fourth-order valence-electron chi connectivity index (χ4n) is 2.72. The van der Waals surface area contributed by atoms with E-state index in [4.69, 9.17) is 11.6 Å². The van der Waals surface area contributed by atoms with Gasteiger partial charge in [-0.15, -0.1) is 0 Å². The van der Waals surface area contributed by atoms with Crippen LogP contribution in [-0.4, -0.2) is 23.2 Å². The summed E-state index contributed by atoms with van der Waals surface area (Å²) >= 11 is 5.99. The summed E-state index contributed by atoms with van der Waals surface area (Å²) in [4.78, 5) is 11.2. The average molecular weight is 282 g/mol. The molecule has 0 saturated carbocycles. The third-order valence-electron chi connectivity index (χ3n) is 3.71. The molecule has 1 aromatic rings. The zero-order valence-corrected chi connectivity index (χ0v) is 11.9. The minimum atomic E-state index is -0.747. The summed E-state index contributed by atoms with van der Waals surface area (Å²) in [5.74, 6) is -0.747. The lowest BCUT2D eigenvalue weighted by Gasteiger charge is -2.28. The van der Waals surface area contributed by atoms with Crippen LogP contribution in [0.1, 0.15) is 37.3 Å². The number of halogens is 1. The van der Waals surface area contributed by atoms with E-state index < -0.39 is 12.0 Å². The molecule has 19 heavy (non-hydrogen) atoms. The van der Waals surface area contributed by atoms with Gasteiger partial charge in [-0.3, -0.25) is 4.79 Å². The van der Waals surface area contributed by atoms with Crippen molar-refractivity contribution in [2.75, 3.05) is 0 Å². The first-order valence-electron chi connectivity index (χ1n) is 6.86. The van der Waals surface area contributed by atoms with Crippen LogP contribution in [0.5, 0.6) is 0 Å². The molecule has 0 saturated heterocycles. The number of fused-ring (bicyclic) bond motifs is 1. The van der Waals surface area contributed by atoms with Crippen molar-refractivity contribution in [3.8, 4) is 0 Å². The molecular weight excluding hydrogens is 262 g/mol. The molecule has 0 bridgehead atoms. The Morgan fingerprint density at radius 2 is 2.32 bits per heavy atom. The van der Waals surface area contributed by atoms with Crippen LogP contribution in [0.15, 0.2) is 18.2 Å². The van der Waals surface area contributed by atoms with Crippen molar-refractivity contribution in [1.29, 1.82) is 0 Å². The molecule has 0 radical (unpaired) electrons. The summed E-state index contributed by atoms with van der Waals surface area (Å²) in [7, 11) is 0. The Morgan fingerprint density at radius 3 is 3.00 bits per heavy atom. The molecule has 1 unspecified atom stereocenters. The number of aryl methyl sites for hydroxylation is 1. The molecule has 2 atom stereocenters. The average Bonchev–Trinajstić information content (AvgIpc) is 2.38. The molecule has 0 spiro atoms. The second-order valence-electron chi connectivity index (χ2n) is 5.20. The molecule has 1 aliphatic carbocycles. The number of aliphatic carboxylic acids is 1. The molecular formula is C15H20ClNO2. The Balaban J connectivity index is 2.01. The summed E-state index contributed by atoms with van der Waals surface area (Å²) in [6.45, 7) is 2.01. The SMILES string of the molecule is CCCC(N[C@H]1CCc2cc(Cl)ccc2C1)C(=O)O. The fourth-order valence-corrected chi connectivity index (χ4v) is 2.91. The van der Waals surface area contributed by atoms with Crippen LogP contribution in [0.25, 0.3) is 0 Å². The number of hydrogen-bond donors (Lipinski definition) is 2. The van der Waals surface area contributed by atoms with E-state index in [1.807, 2.05) is 19.1 Å². The minimum Gasteiger partial charge on any atom is -0.480 e. The van der Waals surface area contributed by atoms with Crippen LogP contribution in [0.3, 0.4) is 0 Å². The number of carboxylic acid groups (broad SMARTS) is 1. The molecule has 4 heteroatoms. The first-order valence-corrected chi connectivity index (χ1v) is 7.24. The van der Waals surface area contributed by atoms with Crippen LogP contribution < -0.4 is 5.32 Å². The Morgan fingerprint density at radius 1 is 1.53 bits per heavy atom. The molecule has 2 N–H and O–H groups in total. The maximum absolute atomic E-state index is 11.2. The summed E-state index contributed by atoms with van der Waals surface area (Å²) in [6.07, 6.45) is 4.38. The Labute approximate surface area is 119 Å². The van der Waals surface area contributed by atoms with Crippen LogP contribution >= 0.6 is 11.6 Å². The van der Waals surface area contributed by atoms with Gasteiger partial charge in [-0.05, 0) is 48.9 Å². The zero-order valence-electron chi connectivity index (χ0n) is 11.2. The van der Waals surface area contributed by atoms with E-state index in [1.54, 1.807) is 0 Å². The molecule has 3 nitrogen and oxygen atoms in total. The number of carboxylic acids is 1.